The molecule has 0 aromatic rings. The highest BCUT2D eigenvalue weighted by Crippen LogP contribution is 2.00. The molecule has 0 radical (unpaired) electrons. The lowest BCUT2D eigenvalue weighted by molar-refractivity contribution is -0.112. The highest BCUT2D eigenvalue weighted by atomic mass is 32.2. The Labute approximate surface area is 116 Å². The molecule has 0 spiro atoms. The van der Waals surface area contributed by atoms with Gasteiger partial charge in [-0.15, -0.1) is 6.42 Å². The summed E-state index contributed by atoms with van der Waals surface area (Å²) in [7, 11) is -9.58. The van der Waals surface area contributed by atoms with Gasteiger partial charge in [0.05, 0.1) is 6.54 Å². The van der Waals surface area contributed by atoms with E-state index in [1.807, 2.05) is 0 Å². The average molecular weight is 327 g/mol. The second kappa shape index (κ2) is 7.46. The molecular formula is C9H13NO8S2. The van der Waals surface area contributed by atoms with Gasteiger partial charge in [-0.1, -0.05) is 5.92 Å². The molecular weight excluding hydrogens is 314 g/mol. The largest absolute Gasteiger partial charge is 0.328 e. The Morgan fingerprint density at radius 1 is 0.950 bits per heavy atom. The van der Waals surface area contributed by atoms with E-state index < -0.39 is 43.3 Å². The molecule has 2 N–H and O–H groups in total. The maximum atomic E-state index is 11.0. The molecule has 9 nitrogen and oxygen atoms in total. The van der Waals surface area contributed by atoms with E-state index in [2.05, 4.69) is 5.92 Å². The standard InChI is InChI=1S/C9H13NO8S2/c1-2-5-10(6-3-8(11)19(13,14)15)7-4-9(12)20(16,17)18/h1H,3-7H2,(H,13,14,15)(H,16,17,18). The van der Waals surface area contributed by atoms with Gasteiger partial charge >= 0.3 is 20.2 Å². The molecule has 0 amide bonds. The Bertz CT molecular complexity index is 565. The van der Waals surface area contributed by atoms with Gasteiger partial charge in [-0.05, 0) is 0 Å². The molecule has 20 heavy (non-hydrogen) atoms. The predicted molar refractivity (Wildman–Crippen MR) is 67.6 cm³/mol. The lowest BCUT2D eigenvalue weighted by atomic mass is 10.3. The van der Waals surface area contributed by atoms with Crippen molar-refractivity contribution in [2.24, 2.45) is 0 Å². The molecule has 0 aromatic carbocycles. The molecule has 0 bridgehead atoms. The van der Waals surface area contributed by atoms with Crippen LogP contribution in [0.1, 0.15) is 12.8 Å². The van der Waals surface area contributed by atoms with Gasteiger partial charge in [0, 0.05) is 25.9 Å². The van der Waals surface area contributed by atoms with Gasteiger partial charge in [-0.2, -0.15) is 16.8 Å². The summed E-state index contributed by atoms with van der Waals surface area (Å²) in [5, 5.41) is -2.83. The molecule has 0 aliphatic rings. The van der Waals surface area contributed by atoms with Crippen molar-refractivity contribution in [3.63, 3.8) is 0 Å². The Morgan fingerprint density at radius 2 is 1.30 bits per heavy atom. The normalized spacial score (nSPS) is 12.1. The Balaban J connectivity index is 4.50. The fourth-order valence-electron chi connectivity index (χ4n) is 1.16. The molecule has 11 heteroatoms. The van der Waals surface area contributed by atoms with E-state index >= 15 is 0 Å². The van der Waals surface area contributed by atoms with E-state index in [1.54, 1.807) is 0 Å². The van der Waals surface area contributed by atoms with Gasteiger partial charge in [0.25, 0.3) is 10.2 Å². The van der Waals surface area contributed by atoms with Gasteiger partial charge in [0.2, 0.25) is 0 Å². The maximum absolute atomic E-state index is 11.0. The van der Waals surface area contributed by atoms with Crippen LogP contribution in [0.3, 0.4) is 0 Å². The first-order valence-electron chi connectivity index (χ1n) is 5.15. The highest BCUT2D eigenvalue weighted by Gasteiger charge is 2.21. The van der Waals surface area contributed by atoms with Gasteiger partial charge < -0.3 is 0 Å². The van der Waals surface area contributed by atoms with E-state index in [0.717, 1.165) is 0 Å². The van der Waals surface area contributed by atoms with Crippen molar-refractivity contribution < 1.29 is 35.5 Å². The number of hydrogen-bond donors (Lipinski definition) is 2. The van der Waals surface area contributed by atoms with Crippen LogP contribution in [-0.2, 0) is 29.8 Å². The summed E-state index contributed by atoms with van der Waals surface area (Å²) in [6, 6.07) is 0. The third kappa shape index (κ3) is 7.31. The molecule has 0 saturated carbocycles. The number of nitrogens with zero attached hydrogens (tertiary/aromatic N) is 1. The zero-order valence-corrected chi connectivity index (χ0v) is 11.9. The first kappa shape index (κ1) is 18.7. The number of rotatable bonds is 7. The third-order valence-corrected chi connectivity index (χ3v) is 3.71. The molecule has 0 atom stereocenters. The Kier molecular flexibility index (Phi) is 6.97. The highest BCUT2D eigenvalue weighted by molar-refractivity contribution is 8.01. The van der Waals surface area contributed by atoms with Crippen molar-refractivity contribution >= 4 is 30.5 Å². The number of carbonyl (C=O) groups is 2. The minimum absolute atomic E-state index is 0.0719. The smallest absolute Gasteiger partial charge is 0.291 e. The SMILES string of the molecule is C#CCN(CCC(=O)S(=O)(=O)O)CCC(=O)S(=O)(=O)O. The van der Waals surface area contributed by atoms with Crippen molar-refractivity contribution in [2.45, 2.75) is 12.8 Å². The average Bonchev–Trinajstić information content (AvgIpc) is 2.29. The Hall–Kier alpha value is -1.32. The topological polar surface area (TPSA) is 146 Å². The van der Waals surface area contributed by atoms with Crippen molar-refractivity contribution in [3.05, 3.63) is 0 Å². The van der Waals surface area contributed by atoms with Crippen molar-refractivity contribution in [1.82, 2.24) is 4.90 Å². The molecule has 114 valence electrons. The second-order valence-electron chi connectivity index (χ2n) is 3.67. The number of terminal acetylenes is 1. The molecule has 0 heterocycles. The molecule has 0 rings (SSSR count). The maximum Gasteiger partial charge on any atom is 0.328 e. The van der Waals surface area contributed by atoms with E-state index in [-0.39, 0.29) is 19.6 Å². The summed E-state index contributed by atoms with van der Waals surface area (Å²) in [6.45, 7) is -0.458. The number of hydrogen-bond acceptors (Lipinski definition) is 7. The van der Waals surface area contributed by atoms with Crippen LogP contribution in [0, 0.1) is 12.3 Å². The van der Waals surface area contributed by atoms with Crippen molar-refractivity contribution in [1.29, 1.82) is 0 Å². The third-order valence-electron chi connectivity index (χ3n) is 2.15. The molecule has 0 aliphatic carbocycles. The fraction of sp³-hybridized carbons (Fsp3) is 0.556. The monoisotopic (exact) mass is 327 g/mol. The van der Waals surface area contributed by atoms with E-state index in [9.17, 15) is 26.4 Å². The van der Waals surface area contributed by atoms with Gasteiger partial charge in [-0.25, -0.2) is 0 Å². The fourth-order valence-corrected chi connectivity index (χ4v) is 1.85. The summed E-state index contributed by atoms with van der Waals surface area (Å²) in [5.41, 5.74) is 0. The summed E-state index contributed by atoms with van der Waals surface area (Å²) in [5.74, 6) is 2.17. The van der Waals surface area contributed by atoms with E-state index in [1.165, 1.54) is 4.90 Å². The minimum Gasteiger partial charge on any atom is -0.291 e. The zero-order valence-electron chi connectivity index (χ0n) is 10.2. The number of carbonyl (C=O) groups excluding carboxylic acids is 2. The molecule has 0 fully saturated rings. The minimum atomic E-state index is -4.79. The quantitative estimate of drug-likeness (QED) is 0.422. The van der Waals surface area contributed by atoms with Crippen LogP contribution >= 0.6 is 0 Å². The van der Waals surface area contributed by atoms with Crippen LogP contribution in [0.2, 0.25) is 0 Å². The predicted octanol–water partition coefficient (Wildman–Crippen LogP) is -1.47. The first-order valence-corrected chi connectivity index (χ1v) is 8.03. The first-order chi connectivity index (χ1) is 8.98. The van der Waals surface area contributed by atoms with Crippen LogP contribution in [0.15, 0.2) is 0 Å². The van der Waals surface area contributed by atoms with Gasteiger partial charge in [-0.3, -0.25) is 23.6 Å². The van der Waals surface area contributed by atoms with Crippen molar-refractivity contribution in [2.75, 3.05) is 19.6 Å². The van der Waals surface area contributed by atoms with Crippen LogP contribution < -0.4 is 0 Å². The van der Waals surface area contributed by atoms with E-state index in [4.69, 9.17) is 15.5 Å². The second-order valence-corrected chi connectivity index (χ2v) is 6.49. The van der Waals surface area contributed by atoms with Crippen LogP contribution in [0.4, 0.5) is 0 Å². The van der Waals surface area contributed by atoms with Gasteiger partial charge in [0.15, 0.2) is 0 Å². The summed E-state index contributed by atoms with van der Waals surface area (Å²) in [4.78, 5) is 23.2. The lowest BCUT2D eigenvalue weighted by Crippen LogP contribution is -2.31. The molecule has 0 unspecified atom stereocenters. The van der Waals surface area contributed by atoms with E-state index in [0.29, 0.717) is 0 Å². The lowest BCUT2D eigenvalue weighted by Gasteiger charge is -2.17. The molecule has 0 saturated heterocycles. The van der Waals surface area contributed by atoms with Gasteiger partial charge in [0.1, 0.15) is 0 Å². The summed E-state index contributed by atoms with van der Waals surface area (Å²) >= 11 is 0. The van der Waals surface area contributed by atoms with Crippen LogP contribution in [-0.4, -0.2) is 60.7 Å². The zero-order chi connectivity index (χ0) is 16.0. The van der Waals surface area contributed by atoms with Crippen LogP contribution in [0.25, 0.3) is 0 Å². The summed E-state index contributed by atoms with van der Waals surface area (Å²) in [6.07, 6.45) is 3.88. The molecule has 0 aliphatic heterocycles. The van der Waals surface area contributed by atoms with Crippen LogP contribution in [0.5, 0.6) is 0 Å². The molecule has 0 aromatic heterocycles. The Morgan fingerprint density at radius 3 is 1.55 bits per heavy atom. The summed E-state index contributed by atoms with van der Waals surface area (Å²) < 4.78 is 58.8. The van der Waals surface area contributed by atoms with Crippen molar-refractivity contribution in [3.8, 4) is 12.3 Å².